The molecule has 0 fully saturated rings. The van der Waals surface area contributed by atoms with Crippen molar-refractivity contribution in [1.82, 2.24) is 0 Å². The van der Waals surface area contributed by atoms with Gasteiger partial charge in [0, 0.05) is 11.3 Å². The Morgan fingerprint density at radius 1 is 1.21 bits per heavy atom. The number of nitrogens with two attached hydrogens (primary N) is 1. The van der Waals surface area contributed by atoms with Crippen LogP contribution in [-0.4, -0.2) is 5.97 Å². The molecule has 0 atom stereocenters. The number of anilines is 1. The average molecular weight is 280 g/mol. The standard InChI is InChI=1S/C14H11ClFNO2/c15-13-7-11(16)4-1-10(13)8-19-14(18)9-2-5-12(17)6-3-9/h1-7H,8,17H2. The van der Waals surface area contributed by atoms with E-state index in [2.05, 4.69) is 0 Å². The van der Waals surface area contributed by atoms with Crippen LogP contribution < -0.4 is 5.73 Å². The molecule has 5 heteroatoms. The fourth-order valence-corrected chi connectivity index (χ4v) is 1.71. The Hall–Kier alpha value is -2.07. The monoisotopic (exact) mass is 279 g/mol. The second-order valence-electron chi connectivity index (χ2n) is 3.93. The molecular weight excluding hydrogens is 269 g/mol. The van der Waals surface area contributed by atoms with Crippen LogP contribution in [0.15, 0.2) is 42.5 Å². The van der Waals surface area contributed by atoms with Gasteiger partial charge in [-0.3, -0.25) is 0 Å². The second-order valence-corrected chi connectivity index (χ2v) is 4.34. The van der Waals surface area contributed by atoms with Gasteiger partial charge >= 0.3 is 5.97 Å². The van der Waals surface area contributed by atoms with Gasteiger partial charge in [-0.05, 0) is 36.4 Å². The van der Waals surface area contributed by atoms with Crippen molar-refractivity contribution in [3.8, 4) is 0 Å². The van der Waals surface area contributed by atoms with Gasteiger partial charge in [0.25, 0.3) is 0 Å². The molecule has 98 valence electrons. The van der Waals surface area contributed by atoms with Crippen LogP contribution in [0.2, 0.25) is 5.02 Å². The van der Waals surface area contributed by atoms with Crippen molar-refractivity contribution in [3.05, 3.63) is 64.4 Å². The van der Waals surface area contributed by atoms with Gasteiger partial charge in [0.15, 0.2) is 0 Å². The largest absolute Gasteiger partial charge is 0.457 e. The lowest BCUT2D eigenvalue weighted by molar-refractivity contribution is 0.0473. The highest BCUT2D eigenvalue weighted by Gasteiger charge is 2.09. The molecule has 19 heavy (non-hydrogen) atoms. The molecule has 0 radical (unpaired) electrons. The van der Waals surface area contributed by atoms with Gasteiger partial charge in [-0.25, -0.2) is 9.18 Å². The van der Waals surface area contributed by atoms with Crippen molar-refractivity contribution in [2.75, 3.05) is 5.73 Å². The third-order valence-corrected chi connectivity index (χ3v) is 2.87. The normalized spacial score (nSPS) is 10.2. The van der Waals surface area contributed by atoms with Crippen LogP contribution in [-0.2, 0) is 11.3 Å². The van der Waals surface area contributed by atoms with Crippen molar-refractivity contribution in [2.24, 2.45) is 0 Å². The smallest absolute Gasteiger partial charge is 0.338 e. The molecule has 0 amide bonds. The topological polar surface area (TPSA) is 52.3 Å². The summed E-state index contributed by atoms with van der Waals surface area (Å²) in [6.45, 7) is -0.0116. The maximum Gasteiger partial charge on any atom is 0.338 e. The van der Waals surface area contributed by atoms with Crippen LogP contribution in [0.4, 0.5) is 10.1 Å². The summed E-state index contributed by atoms with van der Waals surface area (Å²) < 4.78 is 17.9. The van der Waals surface area contributed by atoms with Crippen LogP contribution in [0.25, 0.3) is 0 Å². The quantitative estimate of drug-likeness (QED) is 0.692. The number of halogens is 2. The highest BCUT2D eigenvalue weighted by Crippen LogP contribution is 2.18. The summed E-state index contributed by atoms with van der Waals surface area (Å²) >= 11 is 5.83. The van der Waals surface area contributed by atoms with Crippen LogP contribution in [0, 0.1) is 5.82 Å². The van der Waals surface area contributed by atoms with Gasteiger partial charge in [0.2, 0.25) is 0 Å². The predicted octanol–water partition coefficient (Wildman–Crippen LogP) is 3.42. The van der Waals surface area contributed by atoms with E-state index in [4.69, 9.17) is 22.1 Å². The maximum absolute atomic E-state index is 12.8. The molecule has 0 spiro atoms. The van der Waals surface area contributed by atoms with Crippen molar-refractivity contribution in [1.29, 1.82) is 0 Å². The minimum Gasteiger partial charge on any atom is -0.457 e. The maximum atomic E-state index is 12.8. The minimum absolute atomic E-state index is 0.0116. The number of benzene rings is 2. The Morgan fingerprint density at radius 2 is 1.89 bits per heavy atom. The van der Waals surface area contributed by atoms with Crippen LogP contribution >= 0.6 is 11.6 Å². The van der Waals surface area contributed by atoms with Gasteiger partial charge in [0.1, 0.15) is 12.4 Å². The lowest BCUT2D eigenvalue weighted by Crippen LogP contribution is -2.05. The van der Waals surface area contributed by atoms with Gasteiger partial charge < -0.3 is 10.5 Å². The fraction of sp³-hybridized carbons (Fsp3) is 0.0714. The van der Waals surface area contributed by atoms with E-state index < -0.39 is 11.8 Å². The Bertz CT molecular complexity index is 599. The summed E-state index contributed by atoms with van der Waals surface area (Å²) in [5.74, 6) is -0.918. The predicted molar refractivity (Wildman–Crippen MR) is 71.4 cm³/mol. The molecule has 2 aromatic rings. The van der Waals surface area contributed by atoms with Crippen LogP contribution in [0.1, 0.15) is 15.9 Å². The van der Waals surface area contributed by atoms with E-state index in [9.17, 15) is 9.18 Å². The molecule has 2 N–H and O–H groups in total. The van der Waals surface area contributed by atoms with Gasteiger partial charge in [-0.2, -0.15) is 0 Å². The van der Waals surface area contributed by atoms with Crippen LogP contribution in [0.3, 0.4) is 0 Å². The summed E-state index contributed by atoms with van der Waals surface area (Å²) in [5.41, 5.74) is 7.03. The molecule has 0 heterocycles. The van der Waals surface area contributed by atoms with E-state index in [0.717, 1.165) is 0 Å². The SMILES string of the molecule is Nc1ccc(C(=O)OCc2ccc(F)cc2Cl)cc1. The van der Waals surface area contributed by atoms with Gasteiger partial charge in [-0.1, -0.05) is 17.7 Å². The zero-order valence-corrected chi connectivity index (χ0v) is 10.7. The number of hydrogen-bond donors (Lipinski definition) is 1. The number of carbonyl (C=O) groups is 1. The van der Waals surface area contributed by atoms with E-state index >= 15 is 0 Å². The molecule has 0 aliphatic rings. The van der Waals surface area contributed by atoms with E-state index in [1.165, 1.54) is 18.2 Å². The summed E-state index contributed by atoms with van der Waals surface area (Å²) in [7, 11) is 0. The molecule has 0 saturated heterocycles. The molecule has 0 aliphatic carbocycles. The lowest BCUT2D eigenvalue weighted by Gasteiger charge is -2.07. The molecule has 3 nitrogen and oxygen atoms in total. The first-order valence-electron chi connectivity index (χ1n) is 5.53. The highest BCUT2D eigenvalue weighted by atomic mass is 35.5. The Balaban J connectivity index is 2.02. The summed E-state index contributed by atoms with van der Waals surface area (Å²) in [6.07, 6.45) is 0. The van der Waals surface area contributed by atoms with E-state index in [-0.39, 0.29) is 11.6 Å². The number of esters is 1. The molecule has 0 unspecified atom stereocenters. The van der Waals surface area contributed by atoms with Crippen LogP contribution in [0.5, 0.6) is 0 Å². The second kappa shape index (κ2) is 5.71. The van der Waals surface area contributed by atoms with E-state index in [1.54, 1.807) is 24.3 Å². The first-order valence-corrected chi connectivity index (χ1v) is 5.90. The van der Waals surface area contributed by atoms with Crippen molar-refractivity contribution in [3.63, 3.8) is 0 Å². The molecule has 2 aromatic carbocycles. The first kappa shape index (κ1) is 13.4. The Kier molecular flexibility index (Phi) is 4.02. The lowest BCUT2D eigenvalue weighted by atomic mass is 10.2. The van der Waals surface area contributed by atoms with E-state index in [0.29, 0.717) is 16.8 Å². The average Bonchev–Trinajstić information content (AvgIpc) is 2.38. The Morgan fingerprint density at radius 3 is 2.53 bits per heavy atom. The molecule has 0 saturated carbocycles. The number of hydrogen-bond acceptors (Lipinski definition) is 3. The first-order chi connectivity index (χ1) is 9.06. The number of carbonyl (C=O) groups excluding carboxylic acids is 1. The minimum atomic E-state index is -0.486. The zero-order valence-electron chi connectivity index (χ0n) is 9.90. The Labute approximate surface area is 114 Å². The number of nitrogen functional groups attached to an aromatic ring is 1. The van der Waals surface area contributed by atoms with Crippen molar-refractivity contribution >= 4 is 23.3 Å². The summed E-state index contributed by atoms with van der Waals surface area (Å²) in [5, 5.41) is 0.227. The molecular formula is C14H11ClFNO2. The summed E-state index contributed by atoms with van der Waals surface area (Å²) in [4.78, 5) is 11.7. The molecule has 0 bridgehead atoms. The third-order valence-electron chi connectivity index (χ3n) is 2.52. The van der Waals surface area contributed by atoms with Gasteiger partial charge in [-0.15, -0.1) is 0 Å². The summed E-state index contributed by atoms with van der Waals surface area (Å²) in [6, 6.07) is 10.3. The van der Waals surface area contributed by atoms with Crippen molar-refractivity contribution < 1.29 is 13.9 Å². The van der Waals surface area contributed by atoms with Crippen molar-refractivity contribution in [2.45, 2.75) is 6.61 Å². The highest BCUT2D eigenvalue weighted by molar-refractivity contribution is 6.31. The molecule has 0 aromatic heterocycles. The van der Waals surface area contributed by atoms with E-state index in [1.807, 2.05) is 0 Å². The number of ether oxygens (including phenoxy) is 1. The molecule has 2 rings (SSSR count). The van der Waals surface area contributed by atoms with Gasteiger partial charge in [0.05, 0.1) is 10.6 Å². The molecule has 0 aliphatic heterocycles. The fourth-order valence-electron chi connectivity index (χ4n) is 1.48. The zero-order chi connectivity index (χ0) is 13.8. The number of rotatable bonds is 3. The third kappa shape index (κ3) is 3.45.